The molecule has 0 aliphatic heterocycles. The van der Waals surface area contributed by atoms with E-state index in [4.69, 9.17) is 4.74 Å². The van der Waals surface area contributed by atoms with Crippen LogP contribution in [-0.4, -0.2) is 18.7 Å². The lowest BCUT2D eigenvalue weighted by molar-refractivity contribution is -0.123. The number of aryl methyl sites for hydroxylation is 1. The molecule has 2 aromatic carbocycles. The zero-order chi connectivity index (χ0) is 15.8. The molecule has 5 heteroatoms. The molecule has 0 fully saturated rings. The zero-order valence-corrected chi connectivity index (χ0v) is 14.4. The van der Waals surface area contributed by atoms with E-state index >= 15 is 0 Å². The number of hydrazone groups is 1. The highest BCUT2D eigenvalue weighted by atomic mass is 127. The van der Waals surface area contributed by atoms with Gasteiger partial charge in [-0.3, -0.25) is 4.79 Å². The van der Waals surface area contributed by atoms with Crippen LogP contribution in [0.5, 0.6) is 5.75 Å². The van der Waals surface area contributed by atoms with Gasteiger partial charge < -0.3 is 4.74 Å². The van der Waals surface area contributed by atoms with E-state index in [-0.39, 0.29) is 12.5 Å². The normalized spacial score (nSPS) is 10.6. The van der Waals surface area contributed by atoms with E-state index in [1.165, 1.54) is 5.56 Å². The molecule has 114 valence electrons. The van der Waals surface area contributed by atoms with E-state index in [1.54, 1.807) is 6.21 Å². The van der Waals surface area contributed by atoms with Gasteiger partial charge in [0.05, 0.1) is 6.21 Å². The minimum atomic E-state index is -0.290. The first-order valence-corrected chi connectivity index (χ1v) is 8.04. The van der Waals surface area contributed by atoms with Crippen LogP contribution in [0.2, 0.25) is 0 Å². The van der Waals surface area contributed by atoms with Gasteiger partial charge in [-0.1, -0.05) is 31.2 Å². The number of carbonyl (C=O) groups is 1. The molecule has 1 N–H and O–H groups in total. The van der Waals surface area contributed by atoms with Crippen molar-refractivity contribution in [3.05, 3.63) is 63.2 Å². The van der Waals surface area contributed by atoms with Crippen molar-refractivity contribution in [3.63, 3.8) is 0 Å². The van der Waals surface area contributed by atoms with Crippen molar-refractivity contribution in [2.45, 2.75) is 13.3 Å². The maximum Gasteiger partial charge on any atom is 0.277 e. The standard InChI is InChI=1S/C17H17IN2O2/c1-2-13-5-9-16(10-6-13)22-12-17(21)20-19-11-14-3-7-15(18)8-4-14/h3-11H,2,12H2,1H3,(H,20,21)/b19-11-. The molecule has 0 saturated carbocycles. The van der Waals surface area contributed by atoms with Crippen molar-refractivity contribution in [2.24, 2.45) is 5.10 Å². The molecule has 22 heavy (non-hydrogen) atoms. The molecule has 2 rings (SSSR count). The van der Waals surface area contributed by atoms with E-state index in [9.17, 15) is 4.79 Å². The van der Waals surface area contributed by atoms with Crippen LogP contribution in [0.15, 0.2) is 53.6 Å². The third-order valence-electron chi connectivity index (χ3n) is 2.97. The Bertz CT molecular complexity index is 637. The minimum Gasteiger partial charge on any atom is -0.484 e. The summed E-state index contributed by atoms with van der Waals surface area (Å²) in [6.45, 7) is 2.03. The lowest BCUT2D eigenvalue weighted by atomic mass is 10.2. The highest BCUT2D eigenvalue weighted by Crippen LogP contribution is 2.12. The molecular formula is C17H17IN2O2. The van der Waals surface area contributed by atoms with Crippen molar-refractivity contribution in [2.75, 3.05) is 6.61 Å². The van der Waals surface area contributed by atoms with Crippen LogP contribution in [-0.2, 0) is 11.2 Å². The van der Waals surface area contributed by atoms with Gasteiger partial charge in [0.2, 0.25) is 0 Å². The summed E-state index contributed by atoms with van der Waals surface area (Å²) in [6, 6.07) is 15.5. The van der Waals surface area contributed by atoms with E-state index in [0.717, 1.165) is 15.6 Å². The number of nitrogens with zero attached hydrogens (tertiary/aromatic N) is 1. The van der Waals surface area contributed by atoms with Crippen molar-refractivity contribution in [1.82, 2.24) is 5.43 Å². The number of halogens is 1. The fraction of sp³-hybridized carbons (Fsp3) is 0.176. The van der Waals surface area contributed by atoms with Gasteiger partial charge in [0.1, 0.15) is 5.75 Å². The fourth-order valence-corrected chi connectivity index (χ4v) is 2.09. The lowest BCUT2D eigenvalue weighted by Gasteiger charge is -2.05. The highest BCUT2D eigenvalue weighted by Gasteiger charge is 2.01. The number of amides is 1. The molecule has 0 aliphatic rings. The van der Waals surface area contributed by atoms with E-state index < -0.39 is 0 Å². The average molecular weight is 408 g/mol. The van der Waals surface area contributed by atoms with Gasteiger partial charge in [0.25, 0.3) is 5.91 Å². The number of carbonyl (C=O) groups excluding carboxylic acids is 1. The number of nitrogens with one attached hydrogen (secondary N) is 1. The molecule has 0 bridgehead atoms. The molecule has 0 aliphatic carbocycles. The van der Waals surface area contributed by atoms with Gasteiger partial charge in [0, 0.05) is 3.57 Å². The van der Waals surface area contributed by atoms with Crippen LogP contribution < -0.4 is 10.2 Å². The molecule has 0 spiro atoms. The van der Waals surface area contributed by atoms with E-state index in [2.05, 4.69) is 40.0 Å². The van der Waals surface area contributed by atoms with E-state index in [1.807, 2.05) is 48.5 Å². The Balaban J connectivity index is 1.76. The second kappa shape index (κ2) is 8.53. The number of benzene rings is 2. The van der Waals surface area contributed by atoms with Crippen LogP contribution >= 0.6 is 22.6 Å². The number of rotatable bonds is 6. The Labute approximate surface area is 143 Å². The molecule has 0 atom stereocenters. The first-order chi connectivity index (χ1) is 10.7. The van der Waals surface area contributed by atoms with Crippen molar-refractivity contribution < 1.29 is 9.53 Å². The third kappa shape index (κ3) is 5.48. The van der Waals surface area contributed by atoms with Crippen LogP contribution in [0, 0.1) is 3.57 Å². The molecule has 0 unspecified atom stereocenters. The highest BCUT2D eigenvalue weighted by molar-refractivity contribution is 14.1. The molecule has 1 amide bonds. The molecule has 0 heterocycles. The van der Waals surface area contributed by atoms with Gasteiger partial charge in [-0.15, -0.1) is 0 Å². The molecule has 0 aromatic heterocycles. The first-order valence-electron chi connectivity index (χ1n) is 6.96. The third-order valence-corrected chi connectivity index (χ3v) is 3.69. The van der Waals surface area contributed by atoms with Crippen LogP contribution in [0.1, 0.15) is 18.1 Å². The Morgan fingerprint density at radius 1 is 1.18 bits per heavy atom. The Morgan fingerprint density at radius 3 is 2.50 bits per heavy atom. The summed E-state index contributed by atoms with van der Waals surface area (Å²) < 4.78 is 6.55. The smallest absolute Gasteiger partial charge is 0.277 e. The van der Waals surface area contributed by atoms with Gasteiger partial charge in [-0.2, -0.15) is 5.10 Å². The summed E-state index contributed by atoms with van der Waals surface area (Å²) in [5.41, 5.74) is 4.60. The molecule has 0 radical (unpaired) electrons. The summed E-state index contributed by atoms with van der Waals surface area (Å²) in [6.07, 6.45) is 2.58. The Morgan fingerprint density at radius 2 is 1.86 bits per heavy atom. The number of hydrogen-bond acceptors (Lipinski definition) is 3. The van der Waals surface area contributed by atoms with Crippen molar-refractivity contribution in [3.8, 4) is 5.75 Å². The molecule has 0 saturated heterocycles. The van der Waals surface area contributed by atoms with Crippen LogP contribution in [0.25, 0.3) is 0 Å². The zero-order valence-electron chi connectivity index (χ0n) is 12.3. The topological polar surface area (TPSA) is 50.7 Å². The van der Waals surface area contributed by atoms with Gasteiger partial charge in [-0.05, 0) is 64.4 Å². The van der Waals surface area contributed by atoms with Crippen molar-refractivity contribution in [1.29, 1.82) is 0 Å². The number of ether oxygens (including phenoxy) is 1. The monoisotopic (exact) mass is 408 g/mol. The SMILES string of the molecule is CCc1ccc(OCC(=O)N/N=C\c2ccc(I)cc2)cc1. The van der Waals surface area contributed by atoms with Gasteiger partial charge in [-0.25, -0.2) is 5.43 Å². The summed E-state index contributed by atoms with van der Waals surface area (Å²) >= 11 is 2.23. The summed E-state index contributed by atoms with van der Waals surface area (Å²) in [4.78, 5) is 11.6. The second-order valence-corrected chi connectivity index (χ2v) is 5.88. The van der Waals surface area contributed by atoms with Crippen LogP contribution in [0.4, 0.5) is 0 Å². The number of hydrogen-bond donors (Lipinski definition) is 1. The van der Waals surface area contributed by atoms with Crippen LogP contribution in [0.3, 0.4) is 0 Å². The first kappa shape index (κ1) is 16.5. The fourth-order valence-electron chi connectivity index (χ4n) is 1.73. The molecule has 4 nitrogen and oxygen atoms in total. The van der Waals surface area contributed by atoms with Gasteiger partial charge in [0.15, 0.2) is 6.61 Å². The molecule has 2 aromatic rings. The summed E-state index contributed by atoms with van der Waals surface area (Å²) in [5.74, 6) is 0.385. The predicted octanol–water partition coefficient (Wildman–Crippen LogP) is 3.38. The van der Waals surface area contributed by atoms with E-state index in [0.29, 0.717) is 5.75 Å². The quantitative estimate of drug-likeness (QED) is 0.453. The maximum absolute atomic E-state index is 11.6. The predicted molar refractivity (Wildman–Crippen MR) is 96.2 cm³/mol. The largest absolute Gasteiger partial charge is 0.484 e. The minimum absolute atomic E-state index is 0.0600. The summed E-state index contributed by atoms with van der Waals surface area (Å²) in [7, 11) is 0. The van der Waals surface area contributed by atoms with Gasteiger partial charge >= 0.3 is 0 Å². The van der Waals surface area contributed by atoms with Crippen molar-refractivity contribution >= 4 is 34.7 Å². The Hall–Kier alpha value is -1.89. The Kier molecular flexibility index (Phi) is 6.39. The second-order valence-electron chi connectivity index (χ2n) is 4.63. The summed E-state index contributed by atoms with van der Waals surface area (Å²) in [5, 5.41) is 3.90. The lowest BCUT2D eigenvalue weighted by Crippen LogP contribution is -2.24. The molecular weight excluding hydrogens is 391 g/mol. The average Bonchev–Trinajstić information content (AvgIpc) is 2.55. The maximum atomic E-state index is 11.6.